The van der Waals surface area contributed by atoms with Crippen molar-refractivity contribution in [2.24, 2.45) is 0 Å². The maximum atomic E-state index is 13.5. The Labute approximate surface area is 115 Å². The molecule has 7 heteroatoms. The summed E-state index contributed by atoms with van der Waals surface area (Å²) in [6.45, 7) is 0. The fraction of sp³-hybridized carbons (Fsp3) is 0. The third kappa shape index (κ3) is 3.00. The highest BCUT2D eigenvalue weighted by Crippen LogP contribution is 2.20. The number of benzene rings is 1. The van der Waals surface area contributed by atoms with Crippen LogP contribution in [0.4, 0.5) is 10.1 Å². The lowest BCUT2D eigenvalue weighted by Crippen LogP contribution is -2.12. The zero-order valence-corrected chi connectivity index (χ0v) is 10.9. The van der Waals surface area contributed by atoms with E-state index in [1.165, 1.54) is 18.2 Å². The molecule has 98 valence electrons. The smallest absolute Gasteiger partial charge is 0.371 e. The minimum atomic E-state index is -1.28. The summed E-state index contributed by atoms with van der Waals surface area (Å²) in [6.07, 6.45) is 0. The molecule has 0 saturated heterocycles. The Balaban J connectivity index is 2.18. The van der Waals surface area contributed by atoms with Crippen LogP contribution < -0.4 is 5.32 Å². The standard InChI is InChI=1S/C12H7BrFNO4/c13-6-1-2-8(7(14)5-6)15-11(16)9-3-4-10(19-9)12(17)18/h1-5H,(H,15,16)(H,17,18). The molecular weight excluding hydrogens is 321 g/mol. The zero-order chi connectivity index (χ0) is 14.0. The molecule has 0 bridgehead atoms. The van der Waals surface area contributed by atoms with Gasteiger partial charge >= 0.3 is 5.97 Å². The molecule has 0 atom stereocenters. The number of carbonyl (C=O) groups is 2. The second kappa shape index (κ2) is 5.23. The normalized spacial score (nSPS) is 10.2. The molecule has 1 amide bonds. The van der Waals surface area contributed by atoms with Crippen LogP contribution >= 0.6 is 15.9 Å². The van der Waals surface area contributed by atoms with E-state index in [9.17, 15) is 14.0 Å². The van der Waals surface area contributed by atoms with Crippen LogP contribution in [0.15, 0.2) is 39.2 Å². The Morgan fingerprint density at radius 3 is 2.47 bits per heavy atom. The Morgan fingerprint density at radius 1 is 1.21 bits per heavy atom. The lowest BCUT2D eigenvalue weighted by Gasteiger charge is -2.04. The molecule has 0 spiro atoms. The van der Waals surface area contributed by atoms with Crippen LogP contribution in [-0.2, 0) is 0 Å². The maximum absolute atomic E-state index is 13.5. The Kier molecular flexibility index (Phi) is 3.66. The number of nitrogens with one attached hydrogen (secondary N) is 1. The minimum absolute atomic E-state index is 0.0264. The van der Waals surface area contributed by atoms with Crippen LogP contribution in [0.5, 0.6) is 0 Å². The van der Waals surface area contributed by atoms with Gasteiger partial charge in [-0.1, -0.05) is 15.9 Å². The SMILES string of the molecule is O=C(O)c1ccc(C(=O)Nc2ccc(Br)cc2F)o1. The average molecular weight is 328 g/mol. The molecule has 1 aromatic carbocycles. The second-order valence-corrected chi connectivity index (χ2v) is 4.46. The molecule has 0 saturated carbocycles. The van der Waals surface area contributed by atoms with Gasteiger partial charge in [0.05, 0.1) is 5.69 Å². The van der Waals surface area contributed by atoms with E-state index in [4.69, 9.17) is 9.52 Å². The van der Waals surface area contributed by atoms with Gasteiger partial charge in [-0.2, -0.15) is 0 Å². The molecule has 0 radical (unpaired) electrons. The molecule has 0 fully saturated rings. The van der Waals surface area contributed by atoms with Gasteiger partial charge < -0.3 is 14.8 Å². The van der Waals surface area contributed by atoms with Crippen molar-refractivity contribution in [1.82, 2.24) is 0 Å². The van der Waals surface area contributed by atoms with Crippen LogP contribution in [0.3, 0.4) is 0 Å². The van der Waals surface area contributed by atoms with E-state index >= 15 is 0 Å². The summed E-state index contributed by atoms with van der Waals surface area (Å²) < 4.78 is 18.8. The molecule has 0 aliphatic carbocycles. The van der Waals surface area contributed by atoms with Gasteiger partial charge in [-0.15, -0.1) is 0 Å². The zero-order valence-electron chi connectivity index (χ0n) is 9.31. The fourth-order valence-corrected chi connectivity index (χ4v) is 1.68. The van der Waals surface area contributed by atoms with Crippen molar-refractivity contribution in [2.45, 2.75) is 0 Å². The van der Waals surface area contributed by atoms with Gasteiger partial charge in [-0.3, -0.25) is 4.79 Å². The molecule has 1 heterocycles. The van der Waals surface area contributed by atoms with E-state index in [1.807, 2.05) is 0 Å². The lowest BCUT2D eigenvalue weighted by molar-refractivity contribution is 0.0660. The number of aromatic carboxylic acids is 1. The van der Waals surface area contributed by atoms with Crippen molar-refractivity contribution in [1.29, 1.82) is 0 Å². The highest BCUT2D eigenvalue weighted by atomic mass is 79.9. The monoisotopic (exact) mass is 327 g/mol. The summed E-state index contributed by atoms with van der Waals surface area (Å²) >= 11 is 3.09. The Hall–Kier alpha value is -2.15. The molecule has 2 aromatic rings. The molecule has 0 aliphatic heterocycles. The topological polar surface area (TPSA) is 79.5 Å². The van der Waals surface area contributed by atoms with Gasteiger partial charge in [0.25, 0.3) is 5.91 Å². The highest BCUT2D eigenvalue weighted by Gasteiger charge is 2.16. The molecule has 19 heavy (non-hydrogen) atoms. The first kappa shape index (κ1) is 13.3. The van der Waals surface area contributed by atoms with Gasteiger partial charge in [-0.05, 0) is 30.3 Å². The first-order chi connectivity index (χ1) is 8.97. The third-order valence-corrected chi connectivity index (χ3v) is 2.71. The van der Waals surface area contributed by atoms with E-state index in [2.05, 4.69) is 21.2 Å². The van der Waals surface area contributed by atoms with Crippen LogP contribution in [-0.4, -0.2) is 17.0 Å². The van der Waals surface area contributed by atoms with E-state index in [1.54, 1.807) is 6.07 Å². The van der Waals surface area contributed by atoms with Crippen molar-refractivity contribution in [3.05, 3.63) is 52.1 Å². The van der Waals surface area contributed by atoms with Crippen molar-refractivity contribution in [2.75, 3.05) is 5.32 Å². The van der Waals surface area contributed by atoms with E-state index in [0.29, 0.717) is 4.47 Å². The number of hydrogen-bond donors (Lipinski definition) is 2. The average Bonchev–Trinajstić information content (AvgIpc) is 2.82. The number of amides is 1. The van der Waals surface area contributed by atoms with Crippen molar-refractivity contribution in [3.8, 4) is 0 Å². The van der Waals surface area contributed by atoms with Crippen LogP contribution in [0.1, 0.15) is 21.1 Å². The number of halogens is 2. The second-order valence-electron chi connectivity index (χ2n) is 3.55. The molecular formula is C12H7BrFNO4. The first-order valence-corrected chi connectivity index (χ1v) is 5.86. The number of furan rings is 1. The summed E-state index contributed by atoms with van der Waals surface area (Å²) in [5.74, 6) is -3.20. The summed E-state index contributed by atoms with van der Waals surface area (Å²) in [5.41, 5.74) is -0.0264. The molecule has 0 unspecified atom stereocenters. The van der Waals surface area contributed by atoms with Crippen molar-refractivity contribution >= 4 is 33.5 Å². The summed E-state index contributed by atoms with van der Waals surface area (Å²) in [6, 6.07) is 6.48. The minimum Gasteiger partial charge on any atom is -0.475 e. The van der Waals surface area contributed by atoms with Gasteiger partial charge in [0, 0.05) is 4.47 Å². The largest absolute Gasteiger partial charge is 0.475 e. The maximum Gasteiger partial charge on any atom is 0.371 e. The van der Waals surface area contributed by atoms with E-state index in [0.717, 1.165) is 6.07 Å². The number of anilines is 1. The van der Waals surface area contributed by atoms with Crippen LogP contribution in [0.25, 0.3) is 0 Å². The highest BCUT2D eigenvalue weighted by molar-refractivity contribution is 9.10. The molecule has 2 N–H and O–H groups in total. The quantitative estimate of drug-likeness (QED) is 0.907. The molecule has 1 aromatic heterocycles. The van der Waals surface area contributed by atoms with Gasteiger partial charge in [0.1, 0.15) is 5.82 Å². The lowest BCUT2D eigenvalue weighted by atomic mass is 10.3. The van der Waals surface area contributed by atoms with Crippen LogP contribution in [0, 0.1) is 5.82 Å². The number of carboxylic acids is 1. The molecule has 5 nitrogen and oxygen atoms in total. The molecule has 0 aliphatic rings. The Bertz CT molecular complexity index is 653. The number of rotatable bonds is 3. The number of carboxylic acid groups (broad SMARTS) is 1. The predicted octanol–water partition coefficient (Wildman–Crippen LogP) is 3.13. The first-order valence-electron chi connectivity index (χ1n) is 5.07. The van der Waals surface area contributed by atoms with E-state index in [-0.39, 0.29) is 17.2 Å². The third-order valence-electron chi connectivity index (χ3n) is 2.22. The van der Waals surface area contributed by atoms with Crippen LogP contribution in [0.2, 0.25) is 0 Å². The number of hydrogen-bond acceptors (Lipinski definition) is 3. The summed E-state index contributed by atoms with van der Waals surface area (Å²) in [5, 5.41) is 10.9. The van der Waals surface area contributed by atoms with Gasteiger partial charge in [0.2, 0.25) is 5.76 Å². The Morgan fingerprint density at radius 2 is 1.89 bits per heavy atom. The van der Waals surface area contributed by atoms with Crippen molar-refractivity contribution < 1.29 is 23.5 Å². The van der Waals surface area contributed by atoms with Crippen molar-refractivity contribution in [3.63, 3.8) is 0 Å². The number of carbonyl (C=O) groups excluding carboxylic acids is 1. The summed E-state index contributed by atoms with van der Waals surface area (Å²) in [7, 11) is 0. The van der Waals surface area contributed by atoms with Gasteiger partial charge in [0.15, 0.2) is 5.76 Å². The predicted molar refractivity (Wildman–Crippen MR) is 67.7 cm³/mol. The fourth-order valence-electron chi connectivity index (χ4n) is 1.35. The van der Waals surface area contributed by atoms with Gasteiger partial charge in [-0.25, -0.2) is 9.18 Å². The molecule has 2 rings (SSSR count). The van der Waals surface area contributed by atoms with E-state index < -0.39 is 17.7 Å². The summed E-state index contributed by atoms with van der Waals surface area (Å²) in [4.78, 5) is 22.3.